The Hall–Kier alpha value is -2.89. The molecule has 0 aromatic heterocycles. The number of aromatic carboxylic acids is 2. The Balaban J connectivity index is 0.00000243. The molecule has 4 N–H and O–H groups in total. The van der Waals surface area contributed by atoms with Crippen LogP contribution in [0.3, 0.4) is 0 Å². The number of benzene rings is 3. The molecule has 3 aromatic rings. The largest absolute Gasteiger partial charge is 0.478 e. The Morgan fingerprint density at radius 1 is 0.654 bits per heavy atom. The van der Waals surface area contributed by atoms with Gasteiger partial charge in [0.25, 0.3) is 0 Å². The maximum Gasteiger partial charge on any atom is 0.335 e. The van der Waals surface area contributed by atoms with Gasteiger partial charge in [0.1, 0.15) is 0 Å². The van der Waals surface area contributed by atoms with Gasteiger partial charge in [0.15, 0.2) is 0 Å². The molecule has 6 heteroatoms. The number of nitrogen functional groups attached to an aromatic ring is 1. The van der Waals surface area contributed by atoms with Crippen molar-refractivity contribution in [1.82, 2.24) is 0 Å². The van der Waals surface area contributed by atoms with Crippen molar-refractivity contribution in [2.24, 2.45) is 0 Å². The summed E-state index contributed by atoms with van der Waals surface area (Å²) in [4.78, 5) is 21.8. The van der Waals surface area contributed by atoms with Crippen LogP contribution in [0.2, 0.25) is 0 Å². The average Bonchev–Trinajstić information content (AvgIpc) is 2.62. The molecular weight excluding hydrogens is 366 g/mol. The van der Waals surface area contributed by atoms with Crippen molar-refractivity contribution in [1.29, 1.82) is 0 Å². The first-order valence-corrected chi connectivity index (χ1v) is 7.52. The molecule has 3 aromatic carbocycles. The van der Waals surface area contributed by atoms with Crippen molar-refractivity contribution in [3.8, 4) is 22.3 Å². The van der Waals surface area contributed by atoms with Gasteiger partial charge in [0.05, 0.1) is 11.1 Å². The third-order valence-corrected chi connectivity index (χ3v) is 3.96. The van der Waals surface area contributed by atoms with Gasteiger partial charge in [-0.2, -0.15) is 0 Å². The summed E-state index contributed by atoms with van der Waals surface area (Å²) in [7, 11) is 0. The predicted molar refractivity (Wildman–Crippen MR) is 95.6 cm³/mol. The van der Waals surface area contributed by atoms with E-state index in [1.165, 1.54) is 12.1 Å². The van der Waals surface area contributed by atoms with Crippen molar-refractivity contribution < 1.29 is 41.5 Å². The normalized spacial score (nSPS) is 10.0. The van der Waals surface area contributed by atoms with Gasteiger partial charge in [-0.05, 0) is 47.0 Å². The molecule has 0 aliphatic heterocycles. The second-order valence-electron chi connectivity index (χ2n) is 5.57. The molecule has 0 radical (unpaired) electrons. The van der Waals surface area contributed by atoms with Gasteiger partial charge in [-0.15, -0.1) is 0 Å². The van der Waals surface area contributed by atoms with Crippen LogP contribution in [-0.2, 0) is 21.7 Å². The van der Waals surface area contributed by atoms with Crippen LogP contribution in [0.1, 0.15) is 20.7 Å². The van der Waals surface area contributed by atoms with Crippen LogP contribution >= 0.6 is 0 Å². The van der Waals surface area contributed by atoms with Crippen molar-refractivity contribution in [3.05, 3.63) is 77.9 Å². The number of anilines is 1. The van der Waals surface area contributed by atoms with E-state index >= 15 is 0 Å². The fraction of sp³-hybridized carbons (Fsp3) is 0. The summed E-state index contributed by atoms with van der Waals surface area (Å²) in [6.45, 7) is 0. The van der Waals surface area contributed by atoms with Crippen LogP contribution < -0.4 is 5.73 Å². The van der Waals surface area contributed by atoms with E-state index in [1.54, 1.807) is 36.4 Å². The number of rotatable bonds is 4. The topological polar surface area (TPSA) is 101 Å². The van der Waals surface area contributed by atoms with Crippen molar-refractivity contribution in [2.75, 3.05) is 5.73 Å². The van der Waals surface area contributed by atoms with Gasteiger partial charge in [-0.3, -0.25) is 0 Å². The van der Waals surface area contributed by atoms with E-state index in [0.717, 1.165) is 22.3 Å². The van der Waals surface area contributed by atoms with Gasteiger partial charge in [0.2, 0.25) is 0 Å². The van der Waals surface area contributed by atoms with E-state index in [2.05, 4.69) is 0 Å². The maximum atomic E-state index is 10.9. The molecule has 128 valence electrons. The number of nitrogens with two attached hydrogens (primary N) is 1. The summed E-state index contributed by atoms with van der Waals surface area (Å²) < 4.78 is 0. The number of carboxylic acid groups (broad SMARTS) is 2. The Labute approximate surface area is 165 Å². The SMILES string of the molecule is Nc1cc(-c2ccc(C(=O)O)cc2)ccc1-c1ccc(C(=O)O)cc1.[Ti]. The summed E-state index contributed by atoms with van der Waals surface area (Å²) in [5.74, 6) is -1.94. The smallest absolute Gasteiger partial charge is 0.335 e. The van der Waals surface area contributed by atoms with E-state index in [-0.39, 0.29) is 32.8 Å². The van der Waals surface area contributed by atoms with Crippen LogP contribution in [0.5, 0.6) is 0 Å². The zero-order chi connectivity index (χ0) is 18.0. The second kappa shape index (κ2) is 8.00. The number of carboxylic acids is 2. The zero-order valence-electron chi connectivity index (χ0n) is 13.6. The third kappa shape index (κ3) is 4.02. The first-order valence-electron chi connectivity index (χ1n) is 7.52. The van der Waals surface area contributed by atoms with Gasteiger partial charge in [0, 0.05) is 33.0 Å². The monoisotopic (exact) mass is 381 g/mol. The molecule has 5 nitrogen and oxygen atoms in total. The van der Waals surface area contributed by atoms with Crippen LogP contribution in [0.4, 0.5) is 5.69 Å². The minimum absolute atomic E-state index is 0. The van der Waals surface area contributed by atoms with E-state index < -0.39 is 11.9 Å². The molecule has 3 rings (SSSR count). The maximum absolute atomic E-state index is 10.9. The minimum atomic E-state index is -0.973. The molecule has 0 atom stereocenters. The molecule has 0 amide bonds. The number of carbonyl (C=O) groups is 2. The molecule has 0 unspecified atom stereocenters. The van der Waals surface area contributed by atoms with Crippen LogP contribution in [0.15, 0.2) is 66.7 Å². The Kier molecular flexibility index (Phi) is 5.98. The van der Waals surface area contributed by atoms with E-state index in [0.29, 0.717) is 5.69 Å². The third-order valence-electron chi connectivity index (χ3n) is 3.96. The molecule has 0 aliphatic rings. The van der Waals surface area contributed by atoms with Gasteiger partial charge in [-0.25, -0.2) is 9.59 Å². The molecule has 26 heavy (non-hydrogen) atoms. The predicted octanol–water partition coefficient (Wildman–Crippen LogP) is 4.00. The minimum Gasteiger partial charge on any atom is -0.478 e. The van der Waals surface area contributed by atoms with E-state index in [4.69, 9.17) is 15.9 Å². The molecular formula is C20H15NO4Ti. The van der Waals surface area contributed by atoms with E-state index in [1.807, 2.05) is 18.2 Å². The summed E-state index contributed by atoms with van der Waals surface area (Å²) >= 11 is 0. The first-order chi connectivity index (χ1) is 12.0. The molecule has 0 spiro atoms. The molecule has 0 aliphatic carbocycles. The Morgan fingerprint density at radius 2 is 1.08 bits per heavy atom. The summed E-state index contributed by atoms with van der Waals surface area (Å²) in [6, 6.07) is 18.7. The average molecular weight is 381 g/mol. The van der Waals surface area contributed by atoms with Crippen molar-refractivity contribution >= 4 is 17.6 Å². The van der Waals surface area contributed by atoms with Gasteiger partial charge < -0.3 is 15.9 Å². The Bertz CT molecular complexity index is 951. The van der Waals surface area contributed by atoms with Crippen LogP contribution in [0.25, 0.3) is 22.3 Å². The fourth-order valence-electron chi connectivity index (χ4n) is 2.60. The molecule has 0 saturated heterocycles. The quantitative estimate of drug-likeness (QED) is 0.469. The summed E-state index contributed by atoms with van der Waals surface area (Å²) in [5.41, 5.74) is 10.5. The molecule has 0 bridgehead atoms. The number of hydrogen-bond acceptors (Lipinski definition) is 3. The molecule has 0 fully saturated rings. The zero-order valence-corrected chi connectivity index (χ0v) is 15.2. The summed E-state index contributed by atoms with van der Waals surface area (Å²) in [5, 5.41) is 17.9. The van der Waals surface area contributed by atoms with Crippen molar-refractivity contribution in [2.45, 2.75) is 0 Å². The van der Waals surface area contributed by atoms with E-state index in [9.17, 15) is 9.59 Å². The fourth-order valence-corrected chi connectivity index (χ4v) is 2.60. The van der Waals surface area contributed by atoms with Gasteiger partial charge >= 0.3 is 11.9 Å². The second-order valence-corrected chi connectivity index (χ2v) is 5.57. The molecule has 0 heterocycles. The standard InChI is InChI=1S/C20H15NO4.Ti/c21-18-11-16(12-1-5-14(6-2-12)19(22)23)9-10-17(18)13-3-7-15(8-4-13)20(24)25;/h1-11H,21H2,(H,22,23)(H,24,25);. The Morgan fingerprint density at radius 3 is 1.50 bits per heavy atom. The number of hydrogen-bond donors (Lipinski definition) is 3. The summed E-state index contributed by atoms with van der Waals surface area (Å²) in [6.07, 6.45) is 0. The first kappa shape index (κ1) is 19.4. The van der Waals surface area contributed by atoms with Crippen molar-refractivity contribution in [3.63, 3.8) is 0 Å². The molecule has 0 saturated carbocycles. The van der Waals surface area contributed by atoms with Gasteiger partial charge in [-0.1, -0.05) is 36.4 Å². The van der Waals surface area contributed by atoms with Crippen LogP contribution in [-0.4, -0.2) is 22.2 Å². The van der Waals surface area contributed by atoms with Crippen LogP contribution in [0, 0.1) is 0 Å².